The molecule has 2 aliphatic carbocycles. The minimum atomic E-state index is -0.867. The molecule has 9 nitrogen and oxygen atoms in total. The number of aliphatic hydroxyl groups excluding tert-OH is 2. The maximum atomic E-state index is 10.7. The van der Waals surface area contributed by atoms with Gasteiger partial charge < -0.3 is 29.9 Å². The van der Waals surface area contributed by atoms with Gasteiger partial charge in [0.1, 0.15) is 6.10 Å². The first-order valence-electron chi connectivity index (χ1n) is 12.3. The van der Waals surface area contributed by atoms with Crippen LogP contribution in [0.2, 0.25) is 0 Å². The summed E-state index contributed by atoms with van der Waals surface area (Å²) in [5, 5.41) is 34.5. The number of phenolic OH excluding ortho intramolecular Hbond substituents is 1. The third-order valence-electron chi connectivity index (χ3n) is 7.25. The Morgan fingerprint density at radius 3 is 2.62 bits per heavy atom. The number of aliphatic hydroxyl groups is 2. The molecule has 37 heavy (non-hydrogen) atoms. The average molecular weight is 498 g/mol. The number of nitrogens with one attached hydrogen (secondary N) is 1. The van der Waals surface area contributed by atoms with Gasteiger partial charge in [0.05, 0.1) is 25.6 Å². The summed E-state index contributed by atoms with van der Waals surface area (Å²) in [6.45, 7) is 0.533. The lowest BCUT2D eigenvalue weighted by Crippen LogP contribution is -2.31. The summed E-state index contributed by atoms with van der Waals surface area (Å²) in [5.74, 6) is 7.89. The van der Waals surface area contributed by atoms with Crippen molar-refractivity contribution in [1.29, 1.82) is 0 Å². The van der Waals surface area contributed by atoms with Crippen LogP contribution in [0.1, 0.15) is 29.4 Å². The second kappa shape index (κ2) is 9.39. The molecule has 2 saturated carbocycles. The number of imidazole rings is 1. The molecular formula is C28H27N5O4. The molecule has 9 heteroatoms. The number of benzene rings is 2. The maximum absolute atomic E-state index is 10.7. The van der Waals surface area contributed by atoms with Gasteiger partial charge >= 0.3 is 0 Å². The van der Waals surface area contributed by atoms with Crippen LogP contribution in [-0.4, -0.2) is 60.7 Å². The number of methoxy groups -OCH3 is 1. The number of fused-ring (bicyclic) bond motifs is 2. The van der Waals surface area contributed by atoms with Crippen molar-refractivity contribution in [2.24, 2.45) is 11.8 Å². The van der Waals surface area contributed by atoms with E-state index in [4.69, 9.17) is 9.72 Å². The van der Waals surface area contributed by atoms with E-state index in [0.29, 0.717) is 41.5 Å². The number of hydrogen-bond acceptors (Lipinski definition) is 8. The summed E-state index contributed by atoms with van der Waals surface area (Å²) >= 11 is 0. The topological polar surface area (TPSA) is 126 Å². The largest absolute Gasteiger partial charge is 0.504 e. The Morgan fingerprint density at radius 1 is 1.05 bits per heavy atom. The molecular weight excluding hydrogens is 470 g/mol. The fraction of sp³-hybridized carbons (Fsp3) is 0.321. The Balaban J connectivity index is 1.32. The SMILES string of the molecule is COc1ccc(CCNc2nc(C#Cc3ccccc3)nc3c2ncn3[C@H]2[C@H](O)[C@H](O)[C@@H]3C[C@@H]32)cc1O. The number of nitrogens with zero attached hydrogens (tertiary/aromatic N) is 4. The zero-order chi connectivity index (χ0) is 25.5. The van der Waals surface area contributed by atoms with E-state index in [0.717, 1.165) is 17.5 Å². The fourth-order valence-electron chi connectivity index (χ4n) is 5.28. The normalized spacial score (nSPS) is 23.8. The minimum absolute atomic E-state index is 0.0948. The minimum Gasteiger partial charge on any atom is -0.504 e. The van der Waals surface area contributed by atoms with E-state index in [1.807, 2.05) is 41.0 Å². The van der Waals surface area contributed by atoms with Gasteiger partial charge in [-0.3, -0.25) is 0 Å². The molecule has 0 bridgehead atoms. The highest BCUT2D eigenvalue weighted by Gasteiger charge is 2.60. The van der Waals surface area contributed by atoms with Gasteiger partial charge in [0.15, 0.2) is 28.5 Å². The van der Waals surface area contributed by atoms with Gasteiger partial charge in [-0.1, -0.05) is 30.2 Å². The van der Waals surface area contributed by atoms with Crippen LogP contribution >= 0.6 is 0 Å². The van der Waals surface area contributed by atoms with Crippen LogP contribution in [0, 0.1) is 23.7 Å². The first-order valence-corrected chi connectivity index (χ1v) is 12.3. The molecule has 2 fully saturated rings. The quantitative estimate of drug-likeness (QED) is 0.300. The standard InChI is InChI=1S/C28H27N5O4/c1-37-21-9-7-17(13-20(21)34)11-12-29-27-23-28(32-22(31-27)10-8-16-5-3-2-4-6-16)33(15-30-23)24-18-14-19(18)25(35)26(24)36/h2-7,9,13,15,18-19,24-26,34-36H,11-12,14H2,1H3,(H,29,31,32)/t18-,19+,24+,25+,26-/m0/s1. The van der Waals surface area contributed by atoms with E-state index in [1.165, 1.54) is 7.11 Å². The molecule has 188 valence electrons. The summed E-state index contributed by atoms with van der Waals surface area (Å²) in [4.78, 5) is 13.9. The molecule has 0 unspecified atom stereocenters. The van der Waals surface area contributed by atoms with E-state index in [1.54, 1.807) is 18.5 Å². The molecule has 0 amide bonds. The highest BCUT2D eigenvalue weighted by atomic mass is 16.5. The van der Waals surface area contributed by atoms with Crippen LogP contribution in [0.15, 0.2) is 54.9 Å². The van der Waals surface area contributed by atoms with Crippen LogP contribution < -0.4 is 10.1 Å². The predicted molar refractivity (Wildman–Crippen MR) is 137 cm³/mol. The van der Waals surface area contributed by atoms with Gasteiger partial charge in [-0.25, -0.2) is 15.0 Å². The van der Waals surface area contributed by atoms with Crippen LogP contribution in [0.4, 0.5) is 5.82 Å². The van der Waals surface area contributed by atoms with Gasteiger partial charge in [-0.15, -0.1) is 0 Å². The highest BCUT2D eigenvalue weighted by Crippen LogP contribution is 2.57. The van der Waals surface area contributed by atoms with Gasteiger partial charge in [0.2, 0.25) is 5.82 Å². The summed E-state index contributed by atoms with van der Waals surface area (Å²) in [7, 11) is 1.52. The second-order valence-corrected chi connectivity index (χ2v) is 9.55. The number of ether oxygens (including phenoxy) is 1. The van der Waals surface area contributed by atoms with Gasteiger partial charge in [-0.2, -0.15) is 0 Å². The lowest BCUT2D eigenvalue weighted by atomic mass is 10.1. The lowest BCUT2D eigenvalue weighted by Gasteiger charge is -2.22. The van der Waals surface area contributed by atoms with E-state index >= 15 is 0 Å². The lowest BCUT2D eigenvalue weighted by molar-refractivity contribution is 0.00386. The van der Waals surface area contributed by atoms with Crippen LogP contribution in [0.3, 0.4) is 0 Å². The van der Waals surface area contributed by atoms with E-state index < -0.39 is 12.2 Å². The highest BCUT2D eigenvalue weighted by molar-refractivity contribution is 5.83. The molecule has 0 radical (unpaired) electrons. The van der Waals surface area contributed by atoms with Crippen molar-refractivity contribution >= 4 is 17.0 Å². The van der Waals surface area contributed by atoms with Crippen molar-refractivity contribution in [2.45, 2.75) is 31.1 Å². The van der Waals surface area contributed by atoms with Crippen LogP contribution in [-0.2, 0) is 6.42 Å². The van der Waals surface area contributed by atoms with Gasteiger partial charge in [-0.05, 0) is 60.4 Å². The Kier molecular flexibility index (Phi) is 5.91. The van der Waals surface area contributed by atoms with E-state index in [9.17, 15) is 15.3 Å². The van der Waals surface area contributed by atoms with Crippen molar-refractivity contribution in [1.82, 2.24) is 19.5 Å². The number of aromatic nitrogens is 4. The fourth-order valence-corrected chi connectivity index (χ4v) is 5.28. The summed E-state index contributed by atoms with van der Waals surface area (Å²) < 4.78 is 6.98. The first-order chi connectivity index (χ1) is 18.0. The van der Waals surface area contributed by atoms with Gasteiger partial charge in [0, 0.05) is 12.1 Å². The predicted octanol–water partition coefficient (Wildman–Crippen LogP) is 2.51. The smallest absolute Gasteiger partial charge is 0.209 e. The van der Waals surface area contributed by atoms with Crippen molar-refractivity contribution in [3.63, 3.8) is 0 Å². The average Bonchev–Trinajstić information content (AvgIpc) is 3.52. The van der Waals surface area contributed by atoms with Crippen molar-refractivity contribution in [3.8, 4) is 23.3 Å². The Morgan fingerprint density at radius 2 is 1.89 bits per heavy atom. The molecule has 5 atom stereocenters. The molecule has 6 rings (SSSR count). The number of aromatic hydroxyl groups is 1. The van der Waals surface area contributed by atoms with Crippen LogP contribution in [0.5, 0.6) is 11.5 Å². The van der Waals surface area contributed by atoms with Crippen molar-refractivity contribution in [2.75, 3.05) is 19.0 Å². The molecule has 4 aromatic rings. The number of rotatable bonds is 6. The molecule has 0 spiro atoms. The first kappa shape index (κ1) is 23.3. The summed E-state index contributed by atoms with van der Waals surface area (Å²) in [6, 6.07) is 14.6. The molecule has 2 aliphatic rings. The monoisotopic (exact) mass is 497 g/mol. The maximum Gasteiger partial charge on any atom is 0.209 e. The summed E-state index contributed by atoms with van der Waals surface area (Å²) in [5.41, 5.74) is 2.94. The second-order valence-electron chi connectivity index (χ2n) is 9.55. The Bertz CT molecular complexity index is 1510. The molecule has 0 saturated heterocycles. The molecule has 0 aliphatic heterocycles. The van der Waals surface area contributed by atoms with Crippen molar-refractivity contribution in [3.05, 3.63) is 71.8 Å². The zero-order valence-corrected chi connectivity index (χ0v) is 20.2. The molecule has 4 N–H and O–H groups in total. The van der Waals surface area contributed by atoms with E-state index in [2.05, 4.69) is 27.1 Å². The van der Waals surface area contributed by atoms with Crippen LogP contribution in [0.25, 0.3) is 11.2 Å². The van der Waals surface area contributed by atoms with Gasteiger partial charge in [0.25, 0.3) is 0 Å². The number of hydrogen-bond donors (Lipinski definition) is 4. The molecule has 2 aromatic heterocycles. The number of phenols is 1. The Labute approximate surface area is 213 Å². The third-order valence-corrected chi connectivity index (χ3v) is 7.25. The van der Waals surface area contributed by atoms with E-state index in [-0.39, 0.29) is 23.6 Å². The Hall–Kier alpha value is -4.13. The summed E-state index contributed by atoms with van der Waals surface area (Å²) in [6.07, 6.45) is 1.58. The van der Waals surface area contributed by atoms with Crippen molar-refractivity contribution < 1.29 is 20.1 Å². The third kappa shape index (κ3) is 4.35. The zero-order valence-electron chi connectivity index (χ0n) is 20.2. The number of anilines is 1. The molecule has 2 heterocycles. The molecule has 2 aromatic carbocycles.